The van der Waals surface area contributed by atoms with Crippen LogP contribution in [0.1, 0.15) is 5.76 Å². The standard InChI is InChI=1S/C27H15Cl2N3O3/c28-20-11-9-17(13-21(20)29)24-12-10-18(34-24)15-30-32-26(25-14-16-5-1-4-8-23(16)35-25)31-22-7-3-2-6-19(22)27(32)33/h1-15H. The van der Waals surface area contributed by atoms with Gasteiger partial charge in [0.05, 0.1) is 27.2 Å². The van der Waals surface area contributed by atoms with Crippen LogP contribution in [0.2, 0.25) is 10.0 Å². The van der Waals surface area contributed by atoms with E-state index in [0.717, 1.165) is 10.9 Å². The molecule has 0 unspecified atom stereocenters. The highest BCUT2D eigenvalue weighted by molar-refractivity contribution is 6.42. The van der Waals surface area contributed by atoms with E-state index in [4.69, 9.17) is 32.0 Å². The number of fused-ring (bicyclic) bond motifs is 2. The molecule has 0 aliphatic carbocycles. The van der Waals surface area contributed by atoms with Crippen LogP contribution in [0.5, 0.6) is 0 Å². The van der Waals surface area contributed by atoms with E-state index in [1.807, 2.05) is 42.5 Å². The second kappa shape index (κ2) is 8.58. The zero-order chi connectivity index (χ0) is 23.9. The summed E-state index contributed by atoms with van der Waals surface area (Å²) in [4.78, 5) is 18.0. The van der Waals surface area contributed by atoms with Gasteiger partial charge in [-0.05, 0) is 54.6 Å². The first kappa shape index (κ1) is 21.4. The second-order valence-electron chi connectivity index (χ2n) is 7.79. The summed E-state index contributed by atoms with van der Waals surface area (Å²) in [5.74, 6) is 1.76. The van der Waals surface area contributed by atoms with E-state index in [2.05, 4.69) is 10.1 Å². The fourth-order valence-electron chi connectivity index (χ4n) is 3.82. The molecule has 0 bridgehead atoms. The van der Waals surface area contributed by atoms with Gasteiger partial charge in [0.25, 0.3) is 5.56 Å². The summed E-state index contributed by atoms with van der Waals surface area (Å²) in [5.41, 5.74) is 1.70. The van der Waals surface area contributed by atoms with Gasteiger partial charge in [0, 0.05) is 10.9 Å². The number of nitrogens with zero attached hydrogens (tertiary/aromatic N) is 3. The lowest BCUT2D eigenvalue weighted by Crippen LogP contribution is -2.20. The number of benzene rings is 3. The van der Waals surface area contributed by atoms with Crippen molar-refractivity contribution >= 4 is 51.3 Å². The van der Waals surface area contributed by atoms with Crippen LogP contribution in [0.4, 0.5) is 0 Å². The molecule has 0 atom stereocenters. The van der Waals surface area contributed by atoms with Crippen molar-refractivity contribution in [3.8, 4) is 22.9 Å². The zero-order valence-corrected chi connectivity index (χ0v) is 19.5. The van der Waals surface area contributed by atoms with Gasteiger partial charge in [-0.1, -0.05) is 53.5 Å². The molecule has 3 heterocycles. The van der Waals surface area contributed by atoms with E-state index in [0.29, 0.717) is 43.8 Å². The van der Waals surface area contributed by atoms with Gasteiger partial charge in [-0.3, -0.25) is 4.79 Å². The minimum atomic E-state index is -0.321. The van der Waals surface area contributed by atoms with Gasteiger partial charge in [0.15, 0.2) is 5.76 Å². The van der Waals surface area contributed by atoms with Crippen LogP contribution in [-0.2, 0) is 0 Å². The van der Waals surface area contributed by atoms with Gasteiger partial charge >= 0.3 is 0 Å². The van der Waals surface area contributed by atoms with Crippen LogP contribution in [0, 0.1) is 0 Å². The maximum Gasteiger partial charge on any atom is 0.282 e. The summed E-state index contributed by atoms with van der Waals surface area (Å²) >= 11 is 12.1. The molecule has 3 aromatic carbocycles. The first-order chi connectivity index (χ1) is 17.1. The average Bonchev–Trinajstić information content (AvgIpc) is 3.52. The van der Waals surface area contributed by atoms with Crippen molar-refractivity contribution in [3.63, 3.8) is 0 Å². The highest BCUT2D eigenvalue weighted by Crippen LogP contribution is 2.30. The number of rotatable bonds is 4. The molecule has 8 heteroatoms. The van der Waals surface area contributed by atoms with Gasteiger partial charge in [-0.15, -0.1) is 0 Å². The molecule has 6 nitrogen and oxygen atoms in total. The Balaban J connectivity index is 1.46. The minimum absolute atomic E-state index is 0.289. The summed E-state index contributed by atoms with van der Waals surface area (Å²) in [6.45, 7) is 0. The molecule has 0 N–H and O–H groups in total. The number of hydrogen-bond donors (Lipinski definition) is 0. The summed E-state index contributed by atoms with van der Waals surface area (Å²) in [6, 6.07) is 25.3. The molecule has 170 valence electrons. The van der Waals surface area contributed by atoms with Crippen molar-refractivity contribution in [1.82, 2.24) is 9.66 Å². The predicted octanol–water partition coefficient (Wildman–Crippen LogP) is 7.26. The number of furan rings is 2. The third kappa shape index (κ3) is 3.93. The van der Waals surface area contributed by atoms with Crippen molar-refractivity contribution in [3.05, 3.63) is 111 Å². The van der Waals surface area contributed by atoms with Crippen LogP contribution < -0.4 is 5.56 Å². The van der Waals surface area contributed by atoms with Crippen LogP contribution in [0.3, 0.4) is 0 Å². The van der Waals surface area contributed by atoms with Gasteiger partial charge < -0.3 is 8.83 Å². The molecule has 0 aliphatic rings. The Kier molecular flexibility index (Phi) is 5.25. The Morgan fingerprint density at radius 2 is 1.66 bits per heavy atom. The Morgan fingerprint density at radius 3 is 2.51 bits per heavy atom. The first-order valence-corrected chi connectivity index (χ1v) is 11.4. The lowest BCUT2D eigenvalue weighted by Gasteiger charge is -2.06. The fourth-order valence-corrected chi connectivity index (χ4v) is 4.12. The van der Waals surface area contributed by atoms with Gasteiger partial charge in [-0.2, -0.15) is 9.78 Å². The van der Waals surface area contributed by atoms with Gasteiger partial charge in [0.2, 0.25) is 5.82 Å². The smallest absolute Gasteiger partial charge is 0.282 e. The average molecular weight is 500 g/mol. The molecular formula is C27H15Cl2N3O3. The Labute approximate surface area is 208 Å². The summed E-state index contributed by atoms with van der Waals surface area (Å²) in [5, 5.41) is 6.67. The molecule has 6 aromatic rings. The van der Waals surface area contributed by atoms with Crippen LogP contribution in [-0.4, -0.2) is 15.9 Å². The highest BCUT2D eigenvalue weighted by Gasteiger charge is 2.16. The second-order valence-corrected chi connectivity index (χ2v) is 8.61. The van der Waals surface area contributed by atoms with Gasteiger partial charge in [-0.25, -0.2) is 4.98 Å². The van der Waals surface area contributed by atoms with Crippen molar-refractivity contribution in [2.75, 3.05) is 0 Å². The number of aromatic nitrogens is 2. The minimum Gasteiger partial charge on any atom is -0.455 e. The van der Waals surface area contributed by atoms with Crippen LogP contribution in [0.15, 0.2) is 104 Å². The van der Waals surface area contributed by atoms with E-state index in [9.17, 15) is 4.79 Å². The molecule has 0 saturated carbocycles. The third-order valence-electron chi connectivity index (χ3n) is 5.53. The van der Waals surface area contributed by atoms with E-state index < -0.39 is 0 Å². The van der Waals surface area contributed by atoms with Crippen LogP contribution >= 0.6 is 23.2 Å². The van der Waals surface area contributed by atoms with Gasteiger partial charge in [0.1, 0.15) is 17.1 Å². The summed E-state index contributed by atoms with van der Waals surface area (Å²) in [7, 11) is 0. The maximum absolute atomic E-state index is 13.4. The molecule has 0 saturated heterocycles. The third-order valence-corrected chi connectivity index (χ3v) is 6.27. The van der Waals surface area contributed by atoms with Crippen molar-refractivity contribution < 1.29 is 8.83 Å². The fraction of sp³-hybridized carbons (Fsp3) is 0. The molecule has 6 rings (SSSR count). The lowest BCUT2D eigenvalue weighted by atomic mass is 10.2. The molecule has 0 fully saturated rings. The Bertz CT molecular complexity index is 1780. The maximum atomic E-state index is 13.4. The van der Waals surface area contributed by atoms with Crippen molar-refractivity contribution in [1.29, 1.82) is 0 Å². The normalized spacial score (nSPS) is 11.7. The van der Waals surface area contributed by atoms with Crippen molar-refractivity contribution in [2.24, 2.45) is 5.10 Å². The van der Waals surface area contributed by atoms with Crippen LogP contribution in [0.25, 0.3) is 44.8 Å². The lowest BCUT2D eigenvalue weighted by molar-refractivity contribution is 0.573. The van der Waals surface area contributed by atoms with E-state index in [1.165, 1.54) is 10.9 Å². The Morgan fingerprint density at radius 1 is 0.829 bits per heavy atom. The summed E-state index contributed by atoms with van der Waals surface area (Å²) in [6.07, 6.45) is 1.46. The van der Waals surface area contributed by atoms with E-state index in [-0.39, 0.29) is 11.4 Å². The largest absolute Gasteiger partial charge is 0.455 e. The molecule has 0 aliphatic heterocycles. The topological polar surface area (TPSA) is 73.5 Å². The summed E-state index contributed by atoms with van der Waals surface area (Å²) < 4.78 is 13.1. The molecule has 35 heavy (non-hydrogen) atoms. The molecule has 3 aromatic heterocycles. The Hall–Kier alpha value is -4.13. The quantitative estimate of drug-likeness (QED) is 0.239. The number of hydrogen-bond acceptors (Lipinski definition) is 5. The molecule has 0 radical (unpaired) electrons. The molecular weight excluding hydrogens is 485 g/mol. The van der Waals surface area contributed by atoms with E-state index in [1.54, 1.807) is 42.5 Å². The van der Waals surface area contributed by atoms with Crippen molar-refractivity contribution in [2.45, 2.75) is 0 Å². The number of halogens is 2. The SMILES string of the molecule is O=c1c2ccccc2nc(-c2cc3ccccc3o2)n1N=Cc1ccc(-c2ccc(Cl)c(Cl)c2)o1. The number of para-hydroxylation sites is 2. The molecule has 0 spiro atoms. The highest BCUT2D eigenvalue weighted by atomic mass is 35.5. The van der Waals surface area contributed by atoms with E-state index >= 15 is 0 Å². The predicted molar refractivity (Wildman–Crippen MR) is 138 cm³/mol. The first-order valence-electron chi connectivity index (χ1n) is 10.7. The zero-order valence-electron chi connectivity index (χ0n) is 18.0. The molecule has 0 amide bonds. The monoisotopic (exact) mass is 499 g/mol.